The maximum absolute atomic E-state index is 9.16. The Labute approximate surface area is 110 Å². The number of hydrogen-bond donors (Lipinski definition) is 1. The first kappa shape index (κ1) is 11.9. The van der Waals surface area contributed by atoms with Crippen LogP contribution in [-0.2, 0) is 6.61 Å². The van der Waals surface area contributed by atoms with Gasteiger partial charge in [0, 0.05) is 11.3 Å². The zero-order chi connectivity index (χ0) is 13.2. The van der Waals surface area contributed by atoms with E-state index in [-0.39, 0.29) is 6.61 Å². The summed E-state index contributed by atoms with van der Waals surface area (Å²) in [6.45, 7) is 2.84. The van der Waals surface area contributed by atoms with Crippen molar-refractivity contribution in [2.75, 3.05) is 13.2 Å². The second kappa shape index (κ2) is 4.85. The number of aliphatic hydroxyl groups is 1. The number of aromatic nitrogens is 2. The number of fused-ring (bicyclic) bond motifs is 1. The summed E-state index contributed by atoms with van der Waals surface area (Å²) >= 11 is 0. The fourth-order valence-corrected chi connectivity index (χ4v) is 2.05. The van der Waals surface area contributed by atoms with Crippen molar-refractivity contribution in [1.29, 1.82) is 0 Å². The van der Waals surface area contributed by atoms with Crippen LogP contribution in [0.5, 0.6) is 11.5 Å². The number of hydrogen-bond acceptors (Lipinski definition) is 5. The van der Waals surface area contributed by atoms with Crippen molar-refractivity contribution >= 4 is 0 Å². The summed E-state index contributed by atoms with van der Waals surface area (Å²) in [5.41, 5.74) is 2.52. The minimum atomic E-state index is -0.167. The molecule has 2 aromatic rings. The van der Waals surface area contributed by atoms with E-state index in [1.807, 2.05) is 31.2 Å². The Hall–Kier alpha value is -2.14. The van der Waals surface area contributed by atoms with E-state index in [1.54, 1.807) is 0 Å². The number of aliphatic hydroxyl groups excluding tert-OH is 1. The van der Waals surface area contributed by atoms with Crippen molar-refractivity contribution in [2.45, 2.75) is 13.5 Å². The van der Waals surface area contributed by atoms with Crippen molar-refractivity contribution in [3.63, 3.8) is 0 Å². The van der Waals surface area contributed by atoms with Crippen molar-refractivity contribution in [2.24, 2.45) is 0 Å². The zero-order valence-electron chi connectivity index (χ0n) is 10.6. The fourth-order valence-electron chi connectivity index (χ4n) is 2.05. The minimum absolute atomic E-state index is 0.167. The largest absolute Gasteiger partial charge is 0.486 e. The van der Waals surface area contributed by atoms with Crippen LogP contribution in [0.4, 0.5) is 0 Å². The first-order valence-electron chi connectivity index (χ1n) is 6.12. The predicted octanol–water partition coefficient (Wildman–Crippen LogP) is 1.72. The monoisotopic (exact) mass is 258 g/mol. The molecule has 0 aliphatic carbocycles. The van der Waals surface area contributed by atoms with E-state index in [4.69, 9.17) is 14.6 Å². The van der Waals surface area contributed by atoms with Gasteiger partial charge in [-0.25, -0.2) is 9.97 Å². The Bertz CT molecular complexity index is 614. The predicted molar refractivity (Wildman–Crippen MR) is 69.1 cm³/mol. The Balaban J connectivity index is 2.04. The number of benzene rings is 1. The van der Waals surface area contributed by atoms with Crippen LogP contribution in [-0.4, -0.2) is 28.3 Å². The molecule has 98 valence electrons. The van der Waals surface area contributed by atoms with Gasteiger partial charge in [-0.05, 0) is 31.2 Å². The molecular weight excluding hydrogens is 244 g/mol. The minimum Gasteiger partial charge on any atom is -0.486 e. The molecule has 0 amide bonds. The summed E-state index contributed by atoms with van der Waals surface area (Å²) in [5.74, 6) is 1.90. The van der Waals surface area contributed by atoms with Crippen molar-refractivity contribution < 1.29 is 14.6 Å². The molecule has 0 bridgehead atoms. The normalized spacial score (nSPS) is 13.4. The van der Waals surface area contributed by atoms with Crippen molar-refractivity contribution in [3.05, 3.63) is 35.8 Å². The summed E-state index contributed by atoms with van der Waals surface area (Å²) in [5, 5.41) is 9.16. The molecule has 1 aromatic carbocycles. The summed E-state index contributed by atoms with van der Waals surface area (Å²) in [6.07, 6.45) is 0. The Morgan fingerprint density at radius 3 is 2.68 bits per heavy atom. The van der Waals surface area contributed by atoms with Gasteiger partial charge in [0.1, 0.15) is 19.8 Å². The van der Waals surface area contributed by atoms with Crippen LogP contribution in [0.2, 0.25) is 0 Å². The molecule has 0 saturated heterocycles. The first-order valence-corrected chi connectivity index (χ1v) is 6.12. The molecular formula is C14H14N2O3. The van der Waals surface area contributed by atoms with Gasteiger partial charge >= 0.3 is 0 Å². The van der Waals surface area contributed by atoms with Gasteiger partial charge in [-0.2, -0.15) is 0 Å². The van der Waals surface area contributed by atoms with Gasteiger partial charge < -0.3 is 14.6 Å². The van der Waals surface area contributed by atoms with Gasteiger partial charge in [0.2, 0.25) is 0 Å². The highest BCUT2D eigenvalue weighted by Gasteiger charge is 2.13. The first-order chi connectivity index (χ1) is 9.26. The van der Waals surface area contributed by atoms with E-state index in [0.29, 0.717) is 19.0 Å². The molecule has 5 heteroatoms. The van der Waals surface area contributed by atoms with Gasteiger partial charge in [0.25, 0.3) is 0 Å². The number of ether oxygens (including phenoxy) is 2. The molecule has 1 aromatic heterocycles. The number of rotatable bonds is 2. The molecule has 2 heterocycles. The SMILES string of the molecule is Cc1cc(-c2ccc3c(c2)OCCO3)nc(CO)n1. The second-order valence-corrected chi connectivity index (χ2v) is 4.33. The maximum Gasteiger partial charge on any atom is 0.162 e. The average Bonchev–Trinajstić information content (AvgIpc) is 2.46. The summed E-state index contributed by atoms with van der Waals surface area (Å²) in [4.78, 5) is 8.46. The summed E-state index contributed by atoms with van der Waals surface area (Å²) in [7, 11) is 0. The third kappa shape index (κ3) is 2.37. The standard InChI is InChI=1S/C14H14N2O3/c1-9-6-11(16-14(8-17)15-9)10-2-3-12-13(7-10)19-5-4-18-12/h2-3,6-7,17H,4-5,8H2,1H3. The number of nitrogens with zero attached hydrogens (tertiary/aromatic N) is 2. The molecule has 3 rings (SSSR count). The molecule has 1 aliphatic rings. The molecule has 0 spiro atoms. The Morgan fingerprint density at radius 1 is 1.11 bits per heavy atom. The third-order valence-corrected chi connectivity index (χ3v) is 2.88. The van der Waals surface area contributed by atoms with Crippen LogP contribution < -0.4 is 9.47 Å². The van der Waals surface area contributed by atoms with Gasteiger partial charge in [-0.1, -0.05) is 0 Å². The summed E-state index contributed by atoms with van der Waals surface area (Å²) in [6, 6.07) is 7.58. The highest BCUT2D eigenvalue weighted by atomic mass is 16.6. The third-order valence-electron chi connectivity index (χ3n) is 2.88. The molecule has 1 N–H and O–H groups in total. The lowest BCUT2D eigenvalue weighted by Crippen LogP contribution is -2.15. The van der Waals surface area contributed by atoms with Gasteiger partial charge in [-0.15, -0.1) is 0 Å². The van der Waals surface area contributed by atoms with Crippen LogP contribution in [0, 0.1) is 6.92 Å². The highest BCUT2D eigenvalue weighted by molar-refractivity contribution is 5.64. The van der Waals surface area contributed by atoms with Crippen molar-refractivity contribution in [1.82, 2.24) is 9.97 Å². The molecule has 0 atom stereocenters. The quantitative estimate of drug-likeness (QED) is 0.888. The van der Waals surface area contributed by atoms with E-state index in [0.717, 1.165) is 28.5 Å². The molecule has 19 heavy (non-hydrogen) atoms. The van der Waals surface area contributed by atoms with Crippen LogP contribution in [0.3, 0.4) is 0 Å². The van der Waals surface area contributed by atoms with Gasteiger partial charge in [0.15, 0.2) is 17.3 Å². The zero-order valence-corrected chi connectivity index (χ0v) is 10.6. The Morgan fingerprint density at radius 2 is 1.89 bits per heavy atom. The topological polar surface area (TPSA) is 64.5 Å². The van der Waals surface area contributed by atoms with Crippen LogP contribution in [0.15, 0.2) is 24.3 Å². The second-order valence-electron chi connectivity index (χ2n) is 4.33. The highest BCUT2D eigenvalue weighted by Crippen LogP contribution is 2.34. The van der Waals surface area contributed by atoms with E-state index in [2.05, 4.69) is 9.97 Å². The van der Waals surface area contributed by atoms with Crippen LogP contribution in [0.25, 0.3) is 11.3 Å². The smallest absolute Gasteiger partial charge is 0.162 e. The van der Waals surface area contributed by atoms with Crippen molar-refractivity contribution in [3.8, 4) is 22.8 Å². The molecule has 0 saturated carbocycles. The molecule has 0 fully saturated rings. The fraction of sp³-hybridized carbons (Fsp3) is 0.286. The van der Waals surface area contributed by atoms with E-state index >= 15 is 0 Å². The molecule has 0 unspecified atom stereocenters. The van der Waals surface area contributed by atoms with Gasteiger partial charge in [0.05, 0.1) is 5.69 Å². The lowest BCUT2D eigenvalue weighted by molar-refractivity contribution is 0.171. The maximum atomic E-state index is 9.16. The lowest BCUT2D eigenvalue weighted by Gasteiger charge is -2.18. The van der Waals surface area contributed by atoms with E-state index in [9.17, 15) is 0 Å². The Kier molecular flexibility index (Phi) is 3.05. The van der Waals surface area contributed by atoms with Crippen LogP contribution >= 0.6 is 0 Å². The summed E-state index contributed by atoms with van der Waals surface area (Å²) < 4.78 is 11.0. The molecule has 5 nitrogen and oxygen atoms in total. The van der Waals surface area contributed by atoms with E-state index < -0.39 is 0 Å². The van der Waals surface area contributed by atoms with Crippen LogP contribution in [0.1, 0.15) is 11.5 Å². The van der Waals surface area contributed by atoms with E-state index in [1.165, 1.54) is 0 Å². The lowest BCUT2D eigenvalue weighted by atomic mass is 10.1. The molecule has 0 radical (unpaired) electrons. The van der Waals surface area contributed by atoms with Gasteiger partial charge in [-0.3, -0.25) is 0 Å². The molecule has 1 aliphatic heterocycles. The average molecular weight is 258 g/mol. The number of aryl methyl sites for hydroxylation is 1.